The molecule has 0 radical (unpaired) electrons. The fraction of sp³-hybridized carbons (Fsp3) is 0.436. The maximum absolute atomic E-state index is 13.6. The summed E-state index contributed by atoms with van der Waals surface area (Å²) in [6.07, 6.45) is 0. The van der Waals surface area contributed by atoms with Crippen molar-refractivity contribution in [2.45, 2.75) is 12.5 Å². The molecule has 270 valence electrons. The molecular weight excluding hydrogens is 666 g/mol. The van der Waals surface area contributed by atoms with Gasteiger partial charge in [-0.15, -0.1) is 0 Å². The number of anilines is 2. The van der Waals surface area contributed by atoms with Crippen LogP contribution in [-0.4, -0.2) is 119 Å². The molecule has 1 N–H and O–H groups in total. The second kappa shape index (κ2) is 12.8. The quantitative estimate of drug-likeness (QED) is 0.382. The minimum absolute atomic E-state index is 0.0875. The maximum atomic E-state index is 13.6. The maximum Gasteiger partial charge on any atom is 0.340 e. The number of fused-ring (bicyclic) bond motifs is 6. The van der Waals surface area contributed by atoms with Gasteiger partial charge in [-0.05, 0) is 49.4 Å². The molecule has 0 aromatic heterocycles. The zero-order valence-corrected chi connectivity index (χ0v) is 29.1. The van der Waals surface area contributed by atoms with Crippen LogP contribution < -0.4 is 19.9 Å². The minimum atomic E-state index is -1.36. The lowest BCUT2D eigenvalue weighted by Crippen LogP contribution is -2.56. The molecule has 13 heteroatoms. The number of rotatable bonds is 6. The number of ether oxygens (including phenoxy) is 4. The van der Waals surface area contributed by atoms with Crippen LogP contribution in [0, 0.1) is 11.8 Å². The van der Waals surface area contributed by atoms with E-state index in [1.165, 1.54) is 0 Å². The molecule has 9 rings (SSSR count). The van der Waals surface area contributed by atoms with E-state index in [1.54, 1.807) is 18.2 Å². The predicted molar refractivity (Wildman–Crippen MR) is 189 cm³/mol. The lowest BCUT2D eigenvalue weighted by molar-refractivity contribution is -0.141. The van der Waals surface area contributed by atoms with Crippen LogP contribution in [0.1, 0.15) is 44.3 Å². The Morgan fingerprint density at radius 2 is 1.23 bits per heavy atom. The lowest BCUT2D eigenvalue weighted by Gasteiger charge is -2.44. The van der Waals surface area contributed by atoms with Crippen molar-refractivity contribution in [3.63, 3.8) is 0 Å². The number of nitrogens with zero attached hydrogens (tertiary/aromatic N) is 4. The highest BCUT2D eigenvalue weighted by Crippen LogP contribution is 2.57. The standard InChI is InChI=1S/C39H41N5O8/c1-2-40-35(45)24-3-6-29-32(17-24)39(52-38(29)48)30-7-4-27(43-20-25(21-43)36(46)41-9-13-49-14-10-41)18-33(30)51-34-19-28(5-8-31(34)39)44-22-26(23-44)37(47)42-11-15-50-16-12-42/h3-8,17-19,25-26H,2,9-16,20-23H2,1H3,(H,40,45). The van der Waals surface area contributed by atoms with Crippen molar-refractivity contribution in [1.82, 2.24) is 15.1 Å². The van der Waals surface area contributed by atoms with Gasteiger partial charge in [0.2, 0.25) is 11.8 Å². The van der Waals surface area contributed by atoms with Crippen LogP contribution in [-0.2, 0) is 29.4 Å². The second-order valence-corrected chi connectivity index (χ2v) is 14.2. The smallest absolute Gasteiger partial charge is 0.340 e. The van der Waals surface area contributed by atoms with Crippen LogP contribution in [0.4, 0.5) is 11.4 Å². The molecule has 3 aromatic rings. The predicted octanol–water partition coefficient (Wildman–Crippen LogP) is 2.59. The van der Waals surface area contributed by atoms with Gasteiger partial charge in [0.05, 0.1) is 43.8 Å². The fourth-order valence-corrected chi connectivity index (χ4v) is 8.27. The summed E-state index contributed by atoms with van der Waals surface area (Å²) in [5.74, 6) is 0.472. The van der Waals surface area contributed by atoms with E-state index in [9.17, 15) is 19.2 Å². The summed E-state index contributed by atoms with van der Waals surface area (Å²) in [7, 11) is 0. The first-order valence-corrected chi connectivity index (χ1v) is 18.2. The Hall–Kier alpha value is -5.14. The van der Waals surface area contributed by atoms with E-state index in [0.717, 1.165) is 11.4 Å². The highest BCUT2D eigenvalue weighted by Gasteiger charge is 2.54. The first kappa shape index (κ1) is 32.7. The molecule has 0 aliphatic carbocycles. The third-order valence-electron chi connectivity index (χ3n) is 11.2. The first-order chi connectivity index (χ1) is 25.3. The Morgan fingerprint density at radius 3 is 1.73 bits per heavy atom. The molecule has 6 aliphatic heterocycles. The Morgan fingerprint density at radius 1 is 0.712 bits per heavy atom. The van der Waals surface area contributed by atoms with Gasteiger partial charge in [0.15, 0.2) is 5.60 Å². The molecule has 4 saturated heterocycles. The Balaban J connectivity index is 1.05. The monoisotopic (exact) mass is 707 g/mol. The van der Waals surface area contributed by atoms with Crippen molar-refractivity contribution < 1.29 is 38.1 Å². The van der Waals surface area contributed by atoms with Crippen LogP contribution in [0.15, 0.2) is 54.6 Å². The van der Waals surface area contributed by atoms with Crippen LogP contribution in [0.25, 0.3) is 0 Å². The van der Waals surface area contributed by atoms with Gasteiger partial charge < -0.3 is 43.9 Å². The van der Waals surface area contributed by atoms with E-state index in [2.05, 4.69) is 15.1 Å². The normalized spacial score (nSPS) is 20.6. The molecule has 0 atom stereocenters. The third kappa shape index (κ3) is 5.28. The number of amides is 3. The molecule has 0 bridgehead atoms. The number of nitrogens with one attached hydrogen (secondary N) is 1. The van der Waals surface area contributed by atoms with Crippen molar-refractivity contribution >= 4 is 35.1 Å². The van der Waals surface area contributed by atoms with Crippen LogP contribution in [0.2, 0.25) is 0 Å². The number of hydrogen-bond donors (Lipinski definition) is 1. The van der Waals surface area contributed by atoms with Gasteiger partial charge in [-0.1, -0.05) is 0 Å². The van der Waals surface area contributed by atoms with E-state index in [0.29, 0.717) is 125 Å². The van der Waals surface area contributed by atoms with Crippen molar-refractivity contribution in [2.24, 2.45) is 11.8 Å². The second-order valence-electron chi connectivity index (χ2n) is 14.2. The van der Waals surface area contributed by atoms with Gasteiger partial charge in [0.25, 0.3) is 5.91 Å². The molecule has 6 aliphatic rings. The van der Waals surface area contributed by atoms with E-state index in [-0.39, 0.29) is 29.6 Å². The fourth-order valence-electron chi connectivity index (χ4n) is 8.27. The van der Waals surface area contributed by atoms with Crippen molar-refractivity contribution in [3.05, 3.63) is 82.4 Å². The molecule has 52 heavy (non-hydrogen) atoms. The summed E-state index contributed by atoms with van der Waals surface area (Å²) in [5.41, 5.74) is 3.13. The van der Waals surface area contributed by atoms with E-state index >= 15 is 0 Å². The van der Waals surface area contributed by atoms with Crippen LogP contribution in [0.3, 0.4) is 0 Å². The number of benzene rings is 3. The molecule has 3 amide bonds. The molecule has 6 heterocycles. The largest absolute Gasteiger partial charge is 0.456 e. The highest BCUT2D eigenvalue weighted by atomic mass is 16.6. The molecule has 3 aromatic carbocycles. The summed E-state index contributed by atoms with van der Waals surface area (Å²) in [4.78, 5) is 61.0. The molecule has 0 saturated carbocycles. The average Bonchev–Trinajstić information content (AvgIpc) is 3.42. The van der Waals surface area contributed by atoms with Gasteiger partial charge in [-0.2, -0.15) is 0 Å². The summed E-state index contributed by atoms with van der Waals surface area (Å²) < 4.78 is 24.0. The van der Waals surface area contributed by atoms with E-state index in [1.807, 2.05) is 53.1 Å². The Labute approximate surface area is 301 Å². The number of esters is 1. The zero-order chi connectivity index (χ0) is 35.6. The van der Waals surface area contributed by atoms with E-state index in [4.69, 9.17) is 18.9 Å². The SMILES string of the molecule is CCNC(=O)c1ccc2c(c1)C1(OC2=O)c2ccc(N3CC(C(=O)N4CCOCC4)C3)cc2Oc2cc(N3CC(C(=O)N4CCOCC4)C3)ccc21. The van der Waals surface area contributed by atoms with Gasteiger partial charge in [-0.25, -0.2) is 4.79 Å². The third-order valence-corrected chi connectivity index (χ3v) is 11.2. The Kier molecular flexibility index (Phi) is 8.07. The lowest BCUT2D eigenvalue weighted by atomic mass is 9.77. The Bertz CT molecular complexity index is 1860. The van der Waals surface area contributed by atoms with Crippen molar-refractivity contribution in [1.29, 1.82) is 0 Å². The highest BCUT2D eigenvalue weighted by molar-refractivity contribution is 6.00. The minimum Gasteiger partial charge on any atom is -0.456 e. The topological polar surface area (TPSA) is 130 Å². The average molecular weight is 708 g/mol. The summed E-state index contributed by atoms with van der Waals surface area (Å²) in [5, 5.41) is 2.86. The number of morpholine rings is 2. The number of hydrogen-bond acceptors (Lipinski definition) is 10. The van der Waals surface area contributed by atoms with Gasteiger partial charge in [0.1, 0.15) is 11.5 Å². The number of carbonyl (C=O) groups excluding carboxylic acids is 4. The molecule has 4 fully saturated rings. The first-order valence-electron chi connectivity index (χ1n) is 18.2. The van der Waals surface area contributed by atoms with Crippen molar-refractivity contribution in [2.75, 3.05) is 95.1 Å². The van der Waals surface area contributed by atoms with Gasteiger partial charge in [0, 0.05) is 105 Å². The summed E-state index contributed by atoms with van der Waals surface area (Å²) in [6.45, 7) is 9.44. The molecule has 0 unspecified atom stereocenters. The summed E-state index contributed by atoms with van der Waals surface area (Å²) >= 11 is 0. The van der Waals surface area contributed by atoms with Gasteiger partial charge >= 0.3 is 5.97 Å². The molecule has 13 nitrogen and oxygen atoms in total. The zero-order valence-electron chi connectivity index (χ0n) is 29.1. The summed E-state index contributed by atoms with van der Waals surface area (Å²) in [6, 6.07) is 16.8. The van der Waals surface area contributed by atoms with Crippen LogP contribution >= 0.6 is 0 Å². The molecule has 1 spiro atoms. The van der Waals surface area contributed by atoms with Crippen LogP contribution in [0.5, 0.6) is 11.5 Å². The molecular formula is C39H41N5O8. The van der Waals surface area contributed by atoms with E-state index < -0.39 is 11.6 Å². The number of carbonyl (C=O) groups is 4. The van der Waals surface area contributed by atoms with Crippen molar-refractivity contribution in [3.8, 4) is 11.5 Å². The van der Waals surface area contributed by atoms with Gasteiger partial charge in [-0.3, -0.25) is 14.4 Å².